The first-order chi connectivity index (χ1) is 26.7. The van der Waals surface area contributed by atoms with E-state index in [2.05, 4.69) is 27.7 Å². The summed E-state index contributed by atoms with van der Waals surface area (Å²) in [7, 11) is 7.83. The lowest BCUT2D eigenvalue weighted by molar-refractivity contribution is 0.116. The van der Waals surface area contributed by atoms with Crippen molar-refractivity contribution in [1.82, 2.24) is 19.6 Å². The van der Waals surface area contributed by atoms with E-state index >= 15 is 0 Å². The molecule has 4 N–H and O–H groups in total. The van der Waals surface area contributed by atoms with E-state index in [9.17, 15) is 20.4 Å². The SMILES string of the molecule is CC1c2cc(c3c(c2O)CN(C)CO3)C(C)c2cc(c3c(c2O)CN(C)CO3)C(C)c2cc(c3c(c2O)CN(C)CO3)C(C)c2cc1c1c(c2O)CN(C)CO1. The van der Waals surface area contributed by atoms with Crippen LogP contribution in [0.3, 0.4) is 0 Å². The van der Waals surface area contributed by atoms with Crippen LogP contribution in [0.5, 0.6) is 46.0 Å². The molecule has 1 aliphatic carbocycles. The van der Waals surface area contributed by atoms with Crippen LogP contribution in [-0.2, 0) is 26.2 Å². The molecule has 8 bridgehead atoms. The molecule has 12 nitrogen and oxygen atoms in total. The molecule has 0 saturated heterocycles. The van der Waals surface area contributed by atoms with Crippen molar-refractivity contribution in [3.05, 3.63) is 91.0 Å². The number of hydrogen-bond acceptors (Lipinski definition) is 12. The molecule has 4 unspecified atom stereocenters. The number of phenolic OH excluding ortho intramolecular Hbond substituents is 4. The van der Waals surface area contributed by atoms with Crippen LogP contribution >= 0.6 is 0 Å². The van der Waals surface area contributed by atoms with Gasteiger partial charge in [-0.25, -0.2) is 0 Å². The van der Waals surface area contributed by atoms with Gasteiger partial charge in [-0.05, 0) is 52.5 Å². The van der Waals surface area contributed by atoms with Gasteiger partial charge >= 0.3 is 0 Å². The van der Waals surface area contributed by atoms with Gasteiger partial charge in [-0.2, -0.15) is 0 Å². The number of hydrogen-bond donors (Lipinski definition) is 4. The zero-order valence-corrected chi connectivity index (χ0v) is 33.5. The standard InChI is InChI=1S/C44H52N4O8/c1-21-25-9-30(42-33(37(25)49)13-45(5)18-54-42)23(3)27-11-32(44-35(39(27)51)15-47(7)20-56-44)24(4)28-12-31(43-36(40(28)52)16-48(8)19-55-43)22(2)26-10-29(21)41-34(38(26)50)14-46(6)17-53-41/h9-12,21-24,49-52H,13-20H2,1-8H3. The van der Waals surface area contributed by atoms with E-state index in [1.54, 1.807) is 0 Å². The first-order valence-electron chi connectivity index (χ1n) is 19.5. The molecule has 56 heavy (non-hydrogen) atoms. The molecular weight excluding hydrogens is 713 g/mol. The predicted molar refractivity (Wildman–Crippen MR) is 210 cm³/mol. The van der Waals surface area contributed by atoms with Crippen LogP contribution < -0.4 is 18.9 Å². The summed E-state index contributed by atoms with van der Waals surface area (Å²) in [5.41, 5.74) is 8.97. The van der Waals surface area contributed by atoms with Gasteiger partial charge in [0.1, 0.15) is 72.9 Å². The molecule has 0 saturated carbocycles. The van der Waals surface area contributed by atoms with E-state index in [1.165, 1.54) is 0 Å². The maximum absolute atomic E-state index is 12.2. The van der Waals surface area contributed by atoms with Crippen molar-refractivity contribution in [2.75, 3.05) is 55.1 Å². The number of rotatable bonds is 0. The van der Waals surface area contributed by atoms with Crippen LogP contribution in [0, 0.1) is 0 Å². The van der Waals surface area contributed by atoms with E-state index < -0.39 is 0 Å². The molecule has 5 aliphatic rings. The monoisotopic (exact) mass is 764 g/mol. The Bertz CT molecular complexity index is 1970. The molecule has 4 aromatic carbocycles. The quantitative estimate of drug-likeness (QED) is 0.155. The van der Waals surface area contributed by atoms with Crippen molar-refractivity contribution >= 4 is 0 Å². The summed E-state index contributed by atoms with van der Waals surface area (Å²) in [5.74, 6) is 1.61. The van der Waals surface area contributed by atoms with Crippen molar-refractivity contribution in [1.29, 1.82) is 0 Å². The topological polar surface area (TPSA) is 131 Å². The summed E-state index contributed by atoms with van der Waals surface area (Å²) >= 11 is 0. The fourth-order valence-electron chi connectivity index (χ4n) is 9.54. The van der Waals surface area contributed by atoms with Crippen molar-refractivity contribution in [2.45, 2.75) is 77.5 Å². The molecule has 0 radical (unpaired) electrons. The Kier molecular flexibility index (Phi) is 8.77. The third kappa shape index (κ3) is 5.55. The van der Waals surface area contributed by atoms with Crippen LogP contribution in [0.25, 0.3) is 0 Å². The summed E-state index contributed by atoms with van der Waals surface area (Å²) in [4.78, 5) is 8.06. The minimum Gasteiger partial charge on any atom is -0.507 e. The minimum absolute atomic E-state index is 0.161. The fraction of sp³-hybridized carbons (Fsp3) is 0.455. The van der Waals surface area contributed by atoms with Gasteiger partial charge in [0, 0.05) is 94.4 Å². The average molecular weight is 765 g/mol. The van der Waals surface area contributed by atoms with Crippen LogP contribution in [-0.4, -0.2) is 95.1 Å². The molecule has 0 spiro atoms. The first kappa shape index (κ1) is 36.7. The maximum Gasteiger partial charge on any atom is 0.142 e. The van der Waals surface area contributed by atoms with E-state index in [1.807, 2.05) is 72.1 Å². The summed E-state index contributed by atoms with van der Waals surface area (Å²) < 4.78 is 25.7. The van der Waals surface area contributed by atoms with E-state index in [4.69, 9.17) is 18.9 Å². The Morgan fingerprint density at radius 2 is 0.571 bits per heavy atom. The Hall–Kier alpha value is -4.88. The van der Waals surface area contributed by atoms with E-state index in [0.29, 0.717) is 121 Å². The highest BCUT2D eigenvalue weighted by molar-refractivity contribution is 5.68. The predicted octanol–water partition coefficient (Wildman–Crippen LogP) is 6.56. The van der Waals surface area contributed by atoms with Crippen LogP contribution in [0.2, 0.25) is 0 Å². The Balaban J connectivity index is 1.39. The second kappa shape index (κ2) is 13.4. The summed E-state index contributed by atoms with van der Waals surface area (Å²) in [6, 6.07) is 8.10. The van der Waals surface area contributed by atoms with Gasteiger partial charge in [0.25, 0.3) is 0 Å². The molecule has 12 heteroatoms. The molecule has 4 aromatic rings. The van der Waals surface area contributed by atoms with Gasteiger partial charge in [-0.15, -0.1) is 0 Å². The second-order valence-electron chi connectivity index (χ2n) is 16.9. The zero-order valence-electron chi connectivity index (χ0n) is 33.5. The smallest absolute Gasteiger partial charge is 0.142 e. The van der Waals surface area contributed by atoms with E-state index in [-0.39, 0.29) is 46.7 Å². The molecule has 0 fully saturated rings. The number of benzene rings is 4. The number of phenols is 4. The molecule has 296 valence electrons. The Morgan fingerprint density at radius 3 is 0.768 bits per heavy atom. The number of fused-ring (bicyclic) bond motifs is 16. The lowest BCUT2D eigenvalue weighted by Gasteiger charge is -2.35. The summed E-state index contributed by atoms with van der Waals surface area (Å²) in [6.07, 6.45) is 0. The molecule has 0 aromatic heterocycles. The molecular formula is C44H52N4O8. The van der Waals surface area contributed by atoms with Gasteiger partial charge < -0.3 is 39.4 Å². The third-order valence-corrected chi connectivity index (χ3v) is 12.8. The molecule has 9 rings (SSSR count). The normalized spacial score (nSPS) is 23.7. The maximum atomic E-state index is 12.2. The second-order valence-corrected chi connectivity index (χ2v) is 16.9. The number of aromatic hydroxyl groups is 4. The Morgan fingerprint density at radius 1 is 0.375 bits per heavy atom. The van der Waals surface area contributed by atoms with Gasteiger partial charge in [0.15, 0.2) is 0 Å². The van der Waals surface area contributed by atoms with E-state index in [0.717, 1.165) is 22.3 Å². The van der Waals surface area contributed by atoms with Crippen LogP contribution in [0.15, 0.2) is 24.3 Å². The van der Waals surface area contributed by atoms with Crippen molar-refractivity contribution < 1.29 is 39.4 Å². The number of nitrogens with zero attached hydrogens (tertiary/aromatic N) is 4. The number of ether oxygens (including phenoxy) is 4. The van der Waals surface area contributed by atoms with Crippen LogP contribution in [0.1, 0.15) is 118 Å². The molecule has 4 atom stereocenters. The summed E-state index contributed by atoms with van der Waals surface area (Å²) in [6.45, 7) is 11.6. The highest BCUT2D eigenvalue weighted by Gasteiger charge is 2.38. The van der Waals surface area contributed by atoms with Gasteiger partial charge in [0.05, 0.1) is 22.3 Å². The summed E-state index contributed by atoms with van der Waals surface area (Å²) in [5, 5.41) is 48.8. The average Bonchev–Trinajstić information content (AvgIpc) is 3.18. The first-order valence-corrected chi connectivity index (χ1v) is 19.5. The highest BCUT2D eigenvalue weighted by Crippen LogP contribution is 2.55. The largest absolute Gasteiger partial charge is 0.507 e. The van der Waals surface area contributed by atoms with Gasteiger partial charge in [0.2, 0.25) is 0 Å². The molecule has 4 aliphatic heterocycles. The molecule has 4 heterocycles. The van der Waals surface area contributed by atoms with Crippen molar-refractivity contribution in [3.63, 3.8) is 0 Å². The van der Waals surface area contributed by atoms with Crippen molar-refractivity contribution in [3.8, 4) is 46.0 Å². The molecule has 0 amide bonds. The highest BCUT2D eigenvalue weighted by atomic mass is 16.5. The lowest BCUT2D eigenvalue weighted by Crippen LogP contribution is -2.30. The van der Waals surface area contributed by atoms with Gasteiger partial charge in [-0.1, -0.05) is 27.7 Å². The zero-order chi connectivity index (χ0) is 39.5. The minimum atomic E-state index is -0.376. The fourth-order valence-corrected chi connectivity index (χ4v) is 9.54. The van der Waals surface area contributed by atoms with Crippen molar-refractivity contribution in [2.24, 2.45) is 0 Å². The lowest BCUT2D eigenvalue weighted by atomic mass is 9.78. The Labute approximate surface area is 328 Å². The third-order valence-electron chi connectivity index (χ3n) is 12.8. The van der Waals surface area contributed by atoms with Gasteiger partial charge in [-0.3, -0.25) is 19.6 Å². The van der Waals surface area contributed by atoms with Crippen LogP contribution in [0.4, 0.5) is 0 Å².